The third kappa shape index (κ3) is 2.84. The van der Waals surface area contributed by atoms with Gasteiger partial charge in [0.05, 0.1) is 24.3 Å². The molecule has 2 aromatic rings. The lowest BCUT2D eigenvalue weighted by molar-refractivity contribution is 0.0275. The van der Waals surface area contributed by atoms with Crippen molar-refractivity contribution >= 4 is 6.08 Å². The highest BCUT2D eigenvalue weighted by molar-refractivity contribution is 5.72. The Morgan fingerprint density at radius 2 is 1.85 bits per heavy atom. The van der Waals surface area contributed by atoms with Crippen LogP contribution in [0.3, 0.4) is 0 Å². The maximum Gasteiger partial charge on any atom is 0.139 e. The second-order valence-electron chi connectivity index (χ2n) is 7.25. The number of hydrogen-bond donors (Lipinski definition) is 0. The summed E-state index contributed by atoms with van der Waals surface area (Å²) in [6, 6.07) is 12.2. The van der Waals surface area contributed by atoms with Crippen molar-refractivity contribution in [2.45, 2.75) is 38.1 Å². The smallest absolute Gasteiger partial charge is 0.139 e. The van der Waals surface area contributed by atoms with Gasteiger partial charge in [0.15, 0.2) is 0 Å². The lowest BCUT2D eigenvalue weighted by Gasteiger charge is -2.36. The van der Waals surface area contributed by atoms with Gasteiger partial charge in [-0.25, -0.2) is 0 Å². The molecular formula is C22H24O4. The van der Waals surface area contributed by atoms with E-state index in [1.807, 2.05) is 44.2 Å². The second kappa shape index (κ2) is 6.36. The molecule has 4 nitrogen and oxygen atoms in total. The molecule has 0 fully saturated rings. The van der Waals surface area contributed by atoms with Crippen molar-refractivity contribution in [1.29, 1.82) is 0 Å². The summed E-state index contributed by atoms with van der Waals surface area (Å²) in [7, 11) is 3.41. The fourth-order valence-electron chi connectivity index (χ4n) is 3.71. The highest BCUT2D eigenvalue weighted by Crippen LogP contribution is 2.52. The Hall–Kier alpha value is -2.46. The Morgan fingerprint density at radius 1 is 1.08 bits per heavy atom. The van der Waals surface area contributed by atoms with E-state index in [1.54, 1.807) is 14.2 Å². The molecule has 4 heteroatoms. The van der Waals surface area contributed by atoms with Crippen LogP contribution in [0.25, 0.3) is 6.08 Å². The van der Waals surface area contributed by atoms with Gasteiger partial charge < -0.3 is 18.9 Å². The fourth-order valence-corrected chi connectivity index (χ4v) is 3.71. The quantitative estimate of drug-likeness (QED) is 0.771. The molecule has 2 aliphatic rings. The van der Waals surface area contributed by atoms with E-state index >= 15 is 0 Å². The van der Waals surface area contributed by atoms with Gasteiger partial charge in [0.25, 0.3) is 0 Å². The molecule has 136 valence electrons. The molecule has 2 atom stereocenters. The molecule has 26 heavy (non-hydrogen) atoms. The highest BCUT2D eigenvalue weighted by Gasteiger charge is 2.36. The van der Waals surface area contributed by atoms with Gasteiger partial charge in [-0.1, -0.05) is 30.3 Å². The summed E-state index contributed by atoms with van der Waals surface area (Å²) in [5.74, 6) is 2.30. The van der Waals surface area contributed by atoms with Gasteiger partial charge in [0, 0.05) is 19.6 Å². The molecule has 2 aromatic carbocycles. The molecule has 0 saturated heterocycles. The van der Waals surface area contributed by atoms with Crippen LogP contribution < -0.4 is 14.2 Å². The number of ether oxygens (including phenoxy) is 4. The van der Waals surface area contributed by atoms with Gasteiger partial charge in [0.2, 0.25) is 0 Å². The Balaban J connectivity index is 1.83. The number of hydrogen-bond acceptors (Lipinski definition) is 4. The van der Waals surface area contributed by atoms with E-state index in [2.05, 4.69) is 18.2 Å². The molecule has 2 heterocycles. The first-order chi connectivity index (χ1) is 12.5. The summed E-state index contributed by atoms with van der Waals surface area (Å²) < 4.78 is 24.1. The van der Waals surface area contributed by atoms with Crippen molar-refractivity contribution in [3.8, 4) is 17.2 Å². The minimum atomic E-state index is -0.361. The molecule has 4 rings (SSSR count). The summed E-state index contributed by atoms with van der Waals surface area (Å²) in [4.78, 5) is 0. The SMILES string of the molecule is COc1c2c(cc3c1[C@H](OC)C[C@@H](c1ccccc1)O3)OC(C)(C)C=C2. The van der Waals surface area contributed by atoms with Crippen LogP contribution in [0.1, 0.15) is 49.2 Å². The van der Waals surface area contributed by atoms with Crippen LogP contribution in [0, 0.1) is 0 Å². The van der Waals surface area contributed by atoms with Crippen molar-refractivity contribution in [3.05, 3.63) is 59.2 Å². The molecule has 2 aliphatic heterocycles. The van der Waals surface area contributed by atoms with Crippen LogP contribution in [0.5, 0.6) is 17.2 Å². The van der Waals surface area contributed by atoms with Crippen LogP contribution >= 0.6 is 0 Å². The zero-order valence-corrected chi connectivity index (χ0v) is 15.6. The summed E-state index contributed by atoms with van der Waals surface area (Å²) >= 11 is 0. The van der Waals surface area contributed by atoms with Gasteiger partial charge in [-0.15, -0.1) is 0 Å². The minimum absolute atomic E-state index is 0.0662. The van der Waals surface area contributed by atoms with E-state index in [1.165, 1.54) is 0 Å². The topological polar surface area (TPSA) is 36.9 Å². The van der Waals surface area contributed by atoms with Crippen LogP contribution in [-0.4, -0.2) is 19.8 Å². The van der Waals surface area contributed by atoms with Crippen molar-refractivity contribution in [2.75, 3.05) is 14.2 Å². The number of rotatable bonds is 3. The van der Waals surface area contributed by atoms with Crippen LogP contribution in [0.4, 0.5) is 0 Å². The molecule has 0 unspecified atom stereocenters. The average Bonchev–Trinajstić information content (AvgIpc) is 2.65. The van der Waals surface area contributed by atoms with Crippen molar-refractivity contribution < 1.29 is 18.9 Å². The van der Waals surface area contributed by atoms with Crippen LogP contribution in [-0.2, 0) is 4.74 Å². The largest absolute Gasteiger partial charge is 0.495 e. The maximum atomic E-state index is 6.36. The fraction of sp³-hybridized carbons (Fsp3) is 0.364. The van der Waals surface area contributed by atoms with Gasteiger partial charge >= 0.3 is 0 Å². The molecule has 0 spiro atoms. The van der Waals surface area contributed by atoms with E-state index in [-0.39, 0.29) is 17.8 Å². The van der Waals surface area contributed by atoms with Gasteiger partial charge in [-0.3, -0.25) is 0 Å². The minimum Gasteiger partial charge on any atom is -0.495 e. The summed E-state index contributed by atoms with van der Waals surface area (Å²) in [5, 5.41) is 0. The third-order valence-corrected chi connectivity index (χ3v) is 4.99. The Kier molecular flexibility index (Phi) is 4.16. The predicted molar refractivity (Wildman–Crippen MR) is 101 cm³/mol. The van der Waals surface area contributed by atoms with E-state index in [0.717, 1.165) is 40.4 Å². The first kappa shape index (κ1) is 17.0. The Labute approximate surface area is 154 Å². The third-order valence-electron chi connectivity index (χ3n) is 4.99. The van der Waals surface area contributed by atoms with Crippen LogP contribution in [0.2, 0.25) is 0 Å². The molecule has 0 bridgehead atoms. The van der Waals surface area contributed by atoms with Gasteiger partial charge in [-0.05, 0) is 31.6 Å². The van der Waals surface area contributed by atoms with E-state index < -0.39 is 0 Å². The first-order valence-electron chi connectivity index (χ1n) is 8.90. The molecule has 0 radical (unpaired) electrons. The zero-order chi connectivity index (χ0) is 18.3. The van der Waals surface area contributed by atoms with Crippen molar-refractivity contribution in [3.63, 3.8) is 0 Å². The monoisotopic (exact) mass is 352 g/mol. The second-order valence-corrected chi connectivity index (χ2v) is 7.25. The Bertz CT molecular complexity index is 839. The van der Waals surface area contributed by atoms with Gasteiger partial charge in [-0.2, -0.15) is 0 Å². The molecule has 0 amide bonds. The average molecular weight is 352 g/mol. The lowest BCUT2D eigenvalue weighted by Crippen LogP contribution is -2.28. The Morgan fingerprint density at radius 3 is 2.54 bits per heavy atom. The molecule has 0 N–H and O–H groups in total. The molecule has 0 aromatic heterocycles. The lowest BCUT2D eigenvalue weighted by atomic mass is 9.91. The van der Waals surface area contributed by atoms with E-state index in [4.69, 9.17) is 18.9 Å². The summed E-state index contributed by atoms with van der Waals surface area (Å²) in [6.07, 6.45) is 4.67. The normalized spacial score (nSPS) is 22.6. The number of benzene rings is 2. The van der Waals surface area contributed by atoms with Crippen LogP contribution in [0.15, 0.2) is 42.5 Å². The maximum absolute atomic E-state index is 6.36. The van der Waals surface area contributed by atoms with E-state index in [0.29, 0.717) is 0 Å². The van der Waals surface area contributed by atoms with Gasteiger partial charge in [0.1, 0.15) is 29.0 Å². The standard InChI is InChI=1S/C22H24O4/c1-22(2)11-10-15-17(26-22)13-19-20(21(15)24-4)18(23-3)12-16(25-19)14-8-6-5-7-9-14/h5-11,13,16,18H,12H2,1-4H3/t16-,18+/m0/s1. The summed E-state index contributed by atoms with van der Waals surface area (Å²) in [5.41, 5.74) is 2.67. The molecule has 0 saturated carbocycles. The summed E-state index contributed by atoms with van der Waals surface area (Å²) in [6.45, 7) is 4.06. The molecule has 0 aliphatic carbocycles. The van der Waals surface area contributed by atoms with Crippen molar-refractivity contribution in [1.82, 2.24) is 0 Å². The molecular weight excluding hydrogens is 328 g/mol. The number of methoxy groups -OCH3 is 2. The number of fused-ring (bicyclic) bond motifs is 2. The zero-order valence-electron chi connectivity index (χ0n) is 15.6. The first-order valence-corrected chi connectivity index (χ1v) is 8.90. The van der Waals surface area contributed by atoms with E-state index in [9.17, 15) is 0 Å². The van der Waals surface area contributed by atoms with Crippen molar-refractivity contribution in [2.24, 2.45) is 0 Å². The predicted octanol–water partition coefficient (Wildman–Crippen LogP) is 5.09. The highest BCUT2D eigenvalue weighted by atomic mass is 16.5.